The van der Waals surface area contributed by atoms with E-state index in [1.54, 1.807) is 6.20 Å². The molecule has 2 aromatic rings. The lowest BCUT2D eigenvalue weighted by Gasteiger charge is -2.36. The molecule has 0 aliphatic carbocycles. The van der Waals surface area contributed by atoms with Gasteiger partial charge in [-0.1, -0.05) is 19.9 Å². The molecular weight excluding hydrogens is 414 g/mol. The second kappa shape index (κ2) is 10.4. The smallest absolute Gasteiger partial charge is 0.228 e. The van der Waals surface area contributed by atoms with Crippen LogP contribution in [0.2, 0.25) is 0 Å². The number of carbonyl (C=O) groups excluding carboxylic acids is 2. The van der Waals surface area contributed by atoms with E-state index in [0.717, 1.165) is 61.4 Å². The number of carbonyl (C=O) groups is 2. The van der Waals surface area contributed by atoms with Crippen LogP contribution in [0.4, 0.5) is 5.82 Å². The van der Waals surface area contributed by atoms with Crippen LogP contribution in [0.3, 0.4) is 0 Å². The van der Waals surface area contributed by atoms with Gasteiger partial charge < -0.3 is 4.90 Å². The highest BCUT2D eigenvalue weighted by Crippen LogP contribution is 2.34. The zero-order valence-corrected chi connectivity index (χ0v) is 20.1. The monoisotopic (exact) mass is 449 g/mol. The van der Waals surface area contributed by atoms with E-state index in [2.05, 4.69) is 18.8 Å². The minimum absolute atomic E-state index is 0.122. The number of hydrogen-bond donors (Lipinski definition) is 0. The van der Waals surface area contributed by atoms with E-state index < -0.39 is 0 Å². The maximum atomic E-state index is 13.2. The van der Waals surface area contributed by atoms with Gasteiger partial charge in [-0.3, -0.25) is 19.5 Å². The zero-order chi connectivity index (χ0) is 23.4. The molecule has 176 valence electrons. The molecule has 1 atom stereocenters. The summed E-state index contributed by atoms with van der Waals surface area (Å²) in [5, 5.41) is 0. The third kappa shape index (κ3) is 5.40. The van der Waals surface area contributed by atoms with Gasteiger partial charge in [-0.15, -0.1) is 0 Å². The van der Waals surface area contributed by atoms with Crippen molar-refractivity contribution in [3.63, 3.8) is 0 Å². The molecule has 1 unspecified atom stereocenters. The summed E-state index contributed by atoms with van der Waals surface area (Å²) in [5.74, 6) is 2.09. The summed E-state index contributed by atoms with van der Waals surface area (Å²) in [6.45, 7) is 7.63. The molecule has 4 heterocycles. The molecule has 2 aliphatic rings. The lowest BCUT2D eigenvalue weighted by molar-refractivity contribution is -0.135. The molecule has 7 nitrogen and oxygen atoms in total. The summed E-state index contributed by atoms with van der Waals surface area (Å²) in [5.41, 5.74) is 3.02. The molecule has 0 N–H and O–H groups in total. The van der Waals surface area contributed by atoms with E-state index in [4.69, 9.17) is 9.97 Å². The molecule has 0 bridgehead atoms. The molecule has 2 aliphatic heterocycles. The minimum atomic E-state index is -0.122. The first kappa shape index (κ1) is 23.3. The normalized spacial score (nSPS) is 18.5. The van der Waals surface area contributed by atoms with Crippen LogP contribution in [0.15, 0.2) is 24.4 Å². The second-order valence-corrected chi connectivity index (χ2v) is 9.64. The number of fused-ring (bicyclic) bond motifs is 1. The van der Waals surface area contributed by atoms with Crippen molar-refractivity contribution >= 4 is 17.6 Å². The first-order valence-corrected chi connectivity index (χ1v) is 12.3. The van der Waals surface area contributed by atoms with Gasteiger partial charge in [0.05, 0.1) is 6.04 Å². The number of likely N-dealkylation sites (tertiary alicyclic amines) is 1. The van der Waals surface area contributed by atoms with Crippen LogP contribution < -0.4 is 4.90 Å². The summed E-state index contributed by atoms with van der Waals surface area (Å²) in [6, 6.07) is 5.77. The Morgan fingerprint density at radius 2 is 2.03 bits per heavy atom. The Hall–Kier alpha value is -2.83. The van der Waals surface area contributed by atoms with Crippen LogP contribution in [-0.2, 0) is 22.4 Å². The van der Waals surface area contributed by atoms with Gasteiger partial charge in [-0.25, -0.2) is 9.97 Å². The van der Waals surface area contributed by atoms with E-state index in [-0.39, 0.29) is 17.9 Å². The van der Waals surface area contributed by atoms with Gasteiger partial charge in [0.15, 0.2) is 5.82 Å². The zero-order valence-electron chi connectivity index (χ0n) is 20.1. The van der Waals surface area contributed by atoms with Crippen molar-refractivity contribution in [1.29, 1.82) is 0 Å². The fourth-order valence-electron chi connectivity index (χ4n) is 4.91. The number of amides is 2. The molecule has 1 saturated heterocycles. The average Bonchev–Trinajstić information content (AvgIpc) is 2.81. The maximum Gasteiger partial charge on any atom is 0.228 e. The summed E-state index contributed by atoms with van der Waals surface area (Å²) in [7, 11) is 0. The molecule has 7 heteroatoms. The predicted molar refractivity (Wildman–Crippen MR) is 128 cm³/mol. The fourth-order valence-corrected chi connectivity index (χ4v) is 4.91. The topological polar surface area (TPSA) is 79.3 Å². The van der Waals surface area contributed by atoms with Crippen LogP contribution in [0.25, 0.3) is 0 Å². The molecule has 0 spiro atoms. The molecule has 0 saturated carbocycles. The minimum Gasteiger partial charge on any atom is -0.332 e. The number of aryl methyl sites for hydroxylation is 2. The molecule has 33 heavy (non-hydrogen) atoms. The molecule has 0 aromatic carbocycles. The van der Waals surface area contributed by atoms with Gasteiger partial charge in [0, 0.05) is 49.1 Å². The van der Waals surface area contributed by atoms with Gasteiger partial charge in [0.2, 0.25) is 11.8 Å². The van der Waals surface area contributed by atoms with Gasteiger partial charge in [-0.05, 0) is 63.5 Å². The Morgan fingerprint density at radius 1 is 1.18 bits per heavy atom. The van der Waals surface area contributed by atoms with Gasteiger partial charge in [-0.2, -0.15) is 0 Å². The van der Waals surface area contributed by atoms with Gasteiger partial charge >= 0.3 is 0 Å². The first-order valence-electron chi connectivity index (χ1n) is 12.3. The average molecular weight is 450 g/mol. The van der Waals surface area contributed by atoms with Crippen molar-refractivity contribution in [2.75, 3.05) is 18.0 Å². The summed E-state index contributed by atoms with van der Waals surface area (Å²) < 4.78 is 0. The SMILES string of the molecule is Cc1nc(C2CCCCN2C(=O)CCCc2ccccn2)nc2c1CCC(=O)N2CC(C)C. The van der Waals surface area contributed by atoms with E-state index in [1.165, 1.54) is 0 Å². The van der Waals surface area contributed by atoms with Gasteiger partial charge in [0.25, 0.3) is 0 Å². The summed E-state index contributed by atoms with van der Waals surface area (Å²) >= 11 is 0. The number of aromatic nitrogens is 3. The molecule has 1 fully saturated rings. The maximum absolute atomic E-state index is 13.2. The Morgan fingerprint density at radius 3 is 2.79 bits per heavy atom. The number of rotatable bonds is 7. The van der Waals surface area contributed by atoms with E-state index >= 15 is 0 Å². The van der Waals surface area contributed by atoms with Crippen LogP contribution in [0, 0.1) is 12.8 Å². The molecule has 0 radical (unpaired) electrons. The summed E-state index contributed by atoms with van der Waals surface area (Å²) in [6.07, 6.45) is 7.98. The largest absolute Gasteiger partial charge is 0.332 e. The second-order valence-electron chi connectivity index (χ2n) is 9.64. The standard InChI is InChI=1S/C26H35N5O2/c1-18(2)17-31-24(33)14-13-21-19(3)28-25(29-26(21)31)22-11-5-7-16-30(22)23(32)12-8-10-20-9-4-6-15-27-20/h4,6,9,15,18,22H,5,7-8,10-14,16-17H2,1-3H3. The van der Waals surface area contributed by atoms with Crippen molar-refractivity contribution in [1.82, 2.24) is 19.9 Å². The number of hydrogen-bond acceptors (Lipinski definition) is 5. The molecular formula is C26H35N5O2. The van der Waals surface area contributed by atoms with Crippen molar-refractivity contribution in [2.24, 2.45) is 5.92 Å². The number of pyridine rings is 1. The van der Waals surface area contributed by atoms with E-state index in [1.807, 2.05) is 34.9 Å². The van der Waals surface area contributed by atoms with E-state index in [0.29, 0.717) is 37.5 Å². The van der Waals surface area contributed by atoms with Crippen molar-refractivity contribution in [3.8, 4) is 0 Å². The Labute approximate surface area is 196 Å². The van der Waals surface area contributed by atoms with Crippen molar-refractivity contribution in [2.45, 2.75) is 78.2 Å². The van der Waals surface area contributed by atoms with Gasteiger partial charge in [0.1, 0.15) is 5.82 Å². The highest BCUT2D eigenvalue weighted by molar-refractivity contribution is 5.95. The number of nitrogens with zero attached hydrogens (tertiary/aromatic N) is 5. The fraction of sp³-hybridized carbons (Fsp3) is 0.577. The number of anilines is 1. The van der Waals surface area contributed by atoms with Crippen LogP contribution in [0.1, 0.15) is 81.2 Å². The van der Waals surface area contributed by atoms with Crippen molar-refractivity contribution < 1.29 is 9.59 Å². The third-order valence-electron chi connectivity index (χ3n) is 6.57. The molecule has 2 amide bonds. The Kier molecular flexibility index (Phi) is 7.36. The Balaban J connectivity index is 1.53. The number of piperidine rings is 1. The lowest BCUT2D eigenvalue weighted by Crippen LogP contribution is -2.41. The Bertz CT molecular complexity index is 992. The van der Waals surface area contributed by atoms with E-state index in [9.17, 15) is 9.59 Å². The van der Waals surface area contributed by atoms with Crippen LogP contribution in [-0.4, -0.2) is 44.8 Å². The lowest BCUT2D eigenvalue weighted by atomic mass is 9.98. The van der Waals surface area contributed by atoms with Crippen LogP contribution in [0.5, 0.6) is 0 Å². The summed E-state index contributed by atoms with van der Waals surface area (Å²) in [4.78, 5) is 43.8. The third-order valence-corrected chi connectivity index (χ3v) is 6.57. The predicted octanol–water partition coefficient (Wildman–Crippen LogP) is 4.19. The molecule has 2 aromatic heterocycles. The van der Waals surface area contributed by atoms with Crippen molar-refractivity contribution in [3.05, 3.63) is 47.2 Å². The molecule has 4 rings (SSSR count). The quantitative estimate of drug-likeness (QED) is 0.633. The highest BCUT2D eigenvalue weighted by atomic mass is 16.2. The van der Waals surface area contributed by atoms with Crippen LogP contribution >= 0.6 is 0 Å². The highest BCUT2D eigenvalue weighted by Gasteiger charge is 2.33. The first-order chi connectivity index (χ1) is 15.9.